The molecule has 0 unspecified atom stereocenters. The van der Waals surface area contributed by atoms with Crippen LogP contribution in [0.15, 0.2) is 18.2 Å². The van der Waals surface area contributed by atoms with Crippen molar-refractivity contribution in [1.82, 2.24) is 0 Å². The molecule has 1 rings (SSSR count). The van der Waals surface area contributed by atoms with Crippen molar-refractivity contribution in [1.29, 1.82) is 0 Å². The molecule has 0 fully saturated rings. The van der Waals surface area contributed by atoms with Gasteiger partial charge in [0.15, 0.2) is 11.6 Å². The maximum absolute atomic E-state index is 13.4. The number of benzene rings is 1. The summed E-state index contributed by atoms with van der Waals surface area (Å²) in [6.07, 6.45) is 0.916. The Bertz CT molecular complexity index is 318. The van der Waals surface area contributed by atoms with Crippen LogP contribution in [0.3, 0.4) is 0 Å². The highest BCUT2D eigenvalue weighted by Crippen LogP contribution is 2.18. The van der Waals surface area contributed by atoms with E-state index in [1.54, 1.807) is 12.1 Å². The molecule has 0 amide bonds. The van der Waals surface area contributed by atoms with Gasteiger partial charge in [-0.1, -0.05) is 13.0 Å². The van der Waals surface area contributed by atoms with E-state index in [4.69, 9.17) is 9.84 Å². The monoisotopic (exact) mass is 244 g/mol. The molecule has 0 aromatic heterocycles. The summed E-state index contributed by atoms with van der Waals surface area (Å²) < 4.78 is 18.7. The first kappa shape index (κ1) is 13.3. The number of rotatable bonds is 7. The lowest BCUT2D eigenvalue weighted by Crippen LogP contribution is -2.01. The zero-order valence-electron chi connectivity index (χ0n) is 9.41. The van der Waals surface area contributed by atoms with Crippen molar-refractivity contribution < 1.29 is 14.2 Å². The second-order valence-electron chi connectivity index (χ2n) is 3.32. The Labute approximate surface area is 99.8 Å². The molecule has 0 bridgehead atoms. The number of aliphatic hydroxyl groups excluding tert-OH is 1. The number of thioether (sulfide) groups is 1. The van der Waals surface area contributed by atoms with Gasteiger partial charge >= 0.3 is 0 Å². The summed E-state index contributed by atoms with van der Waals surface area (Å²) in [7, 11) is 0. The Morgan fingerprint density at radius 1 is 1.44 bits per heavy atom. The largest absolute Gasteiger partial charge is 0.490 e. The van der Waals surface area contributed by atoms with Gasteiger partial charge in [-0.15, -0.1) is 0 Å². The molecule has 90 valence electrons. The lowest BCUT2D eigenvalue weighted by molar-refractivity contribution is 0.278. The molecule has 1 aromatic carbocycles. The van der Waals surface area contributed by atoms with Gasteiger partial charge in [0, 0.05) is 0 Å². The predicted molar refractivity (Wildman–Crippen MR) is 65.4 cm³/mol. The highest BCUT2D eigenvalue weighted by Gasteiger charge is 2.03. The van der Waals surface area contributed by atoms with E-state index >= 15 is 0 Å². The molecule has 16 heavy (non-hydrogen) atoms. The predicted octanol–water partition coefficient (Wildman–Crippen LogP) is 2.84. The van der Waals surface area contributed by atoms with E-state index in [0.717, 1.165) is 17.9 Å². The molecule has 4 heteroatoms. The van der Waals surface area contributed by atoms with E-state index in [0.29, 0.717) is 12.2 Å². The van der Waals surface area contributed by atoms with Crippen molar-refractivity contribution in [3.63, 3.8) is 0 Å². The van der Waals surface area contributed by atoms with Crippen molar-refractivity contribution in [2.24, 2.45) is 0 Å². The number of hydrogen-bond acceptors (Lipinski definition) is 3. The van der Waals surface area contributed by atoms with Gasteiger partial charge in [0.05, 0.1) is 13.2 Å². The third kappa shape index (κ3) is 4.41. The summed E-state index contributed by atoms with van der Waals surface area (Å²) in [4.78, 5) is 0. The quantitative estimate of drug-likeness (QED) is 0.748. The fourth-order valence-electron chi connectivity index (χ4n) is 1.25. The van der Waals surface area contributed by atoms with Gasteiger partial charge < -0.3 is 9.84 Å². The normalized spacial score (nSPS) is 10.4. The first-order valence-electron chi connectivity index (χ1n) is 5.37. The lowest BCUT2D eigenvalue weighted by Gasteiger charge is -2.07. The summed E-state index contributed by atoms with van der Waals surface area (Å²) in [5, 5.41) is 8.82. The van der Waals surface area contributed by atoms with Crippen LogP contribution >= 0.6 is 11.8 Å². The van der Waals surface area contributed by atoms with E-state index in [-0.39, 0.29) is 12.4 Å². The van der Waals surface area contributed by atoms with Crippen LogP contribution in [0.1, 0.15) is 18.9 Å². The van der Waals surface area contributed by atoms with Gasteiger partial charge in [0.1, 0.15) is 0 Å². The fourth-order valence-corrected chi connectivity index (χ4v) is 1.86. The standard InChI is InChI=1S/C12H17FO2S/c1-2-16-7-3-6-15-12-5-4-10(9-14)8-11(12)13/h4-5,8,14H,2-3,6-7,9H2,1H3. The van der Waals surface area contributed by atoms with Crippen LogP contribution in [0.4, 0.5) is 4.39 Å². The summed E-state index contributed by atoms with van der Waals surface area (Å²) >= 11 is 1.85. The van der Waals surface area contributed by atoms with Gasteiger partial charge in [-0.05, 0) is 35.6 Å². The second-order valence-corrected chi connectivity index (χ2v) is 4.72. The zero-order valence-corrected chi connectivity index (χ0v) is 10.2. The molecule has 0 heterocycles. The van der Waals surface area contributed by atoms with Gasteiger partial charge in [-0.3, -0.25) is 0 Å². The van der Waals surface area contributed by atoms with E-state index in [2.05, 4.69) is 6.92 Å². The second kappa shape index (κ2) is 7.52. The summed E-state index contributed by atoms with van der Waals surface area (Å²) in [5.41, 5.74) is 0.561. The van der Waals surface area contributed by atoms with Crippen LogP contribution in [0, 0.1) is 5.82 Å². The van der Waals surface area contributed by atoms with Gasteiger partial charge in [0.2, 0.25) is 0 Å². The van der Waals surface area contributed by atoms with E-state index in [1.165, 1.54) is 6.07 Å². The minimum Gasteiger partial charge on any atom is -0.490 e. The van der Waals surface area contributed by atoms with Crippen LogP contribution in [-0.4, -0.2) is 23.2 Å². The van der Waals surface area contributed by atoms with Gasteiger partial charge in [-0.25, -0.2) is 4.39 Å². The van der Waals surface area contributed by atoms with Crippen LogP contribution < -0.4 is 4.74 Å². The minimum atomic E-state index is -0.408. The smallest absolute Gasteiger partial charge is 0.165 e. The highest BCUT2D eigenvalue weighted by molar-refractivity contribution is 7.99. The summed E-state index contributed by atoms with van der Waals surface area (Å²) in [5.74, 6) is 1.99. The van der Waals surface area contributed by atoms with Crippen molar-refractivity contribution in [2.75, 3.05) is 18.1 Å². The molecular weight excluding hydrogens is 227 g/mol. The molecule has 0 aliphatic rings. The Kier molecular flexibility index (Phi) is 6.26. The van der Waals surface area contributed by atoms with Crippen LogP contribution in [0.25, 0.3) is 0 Å². The Hall–Kier alpha value is -0.740. The lowest BCUT2D eigenvalue weighted by atomic mass is 10.2. The third-order valence-electron chi connectivity index (χ3n) is 2.07. The van der Waals surface area contributed by atoms with Crippen molar-refractivity contribution >= 4 is 11.8 Å². The van der Waals surface area contributed by atoms with E-state index in [9.17, 15) is 4.39 Å². The van der Waals surface area contributed by atoms with Crippen molar-refractivity contribution in [3.8, 4) is 5.75 Å². The molecule has 0 aliphatic carbocycles. The summed E-state index contributed by atoms with van der Waals surface area (Å²) in [6.45, 7) is 2.49. The Morgan fingerprint density at radius 3 is 2.88 bits per heavy atom. The highest BCUT2D eigenvalue weighted by atomic mass is 32.2. The molecular formula is C12H17FO2S. The molecule has 0 atom stereocenters. The van der Waals surface area contributed by atoms with Crippen LogP contribution in [0.2, 0.25) is 0 Å². The van der Waals surface area contributed by atoms with Crippen molar-refractivity contribution in [2.45, 2.75) is 20.0 Å². The molecule has 0 radical (unpaired) electrons. The average molecular weight is 244 g/mol. The molecule has 0 saturated carbocycles. The van der Waals surface area contributed by atoms with Crippen LogP contribution in [-0.2, 0) is 6.61 Å². The molecule has 1 aromatic rings. The van der Waals surface area contributed by atoms with E-state index in [1.807, 2.05) is 11.8 Å². The number of hydrogen-bond donors (Lipinski definition) is 1. The zero-order chi connectivity index (χ0) is 11.8. The molecule has 1 N–H and O–H groups in total. The maximum Gasteiger partial charge on any atom is 0.165 e. The minimum absolute atomic E-state index is 0.148. The molecule has 0 aliphatic heterocycles. The van der Waals surface area contributed by atoms with E-state index < -0.39 is 5.82 Å². The van der Waals surface area contributed by atoms with Crippen molar-refractivity contribution in [3.05, 3.63) is 29.6 Å². The fraction of sp³-hybridized carbons (Fsp3) is 0.500. The third-order valence-corrected chi connectivity index (χ3v) is 3.06. The molecule has 0 saturated heterocycles. The number of aliphatic hydroxyl groups is 1. The molecule has 2 nitrogen and oxygen atoms in total. The summed E-state index contributed by atoms with van der Waals surface area (Å²) in [6, 6.07) is 4.53. The van der Waals surface area contributed by atoms with Crippen LogP contribution in [0.5, 0.6) is 5.75 Å². The van der Waals surface area contributed by atoms with Gasteiger partial charge in [0.25, 0.3) is 0 Å². The number of halogens is 1. The number of ether oxygens (including phenoxy) is 1. The first-order chi connectivity index (χ1) is 7.77. The Balaban J connectivity index is 2.36. The first-order valence-corrected chi connectivity index (χ1v) is 6.53. The Morgan fingerprint density at radius 2 is 2.25 bits per heavy atom. The maximum atomic E-state index is 13.4. The average Bonchev–Trinajstić information content (AvgIpc) is 2.30. The SMILES string of the molecule is CCSCCCOc1ccc(CO)cc1F. The van der Waals surface area contributed by atoms with Gasteiger partial charge in [-0.2, -0.15) is 11.8 Å². The topological polar surface area (TPSA) is 29.5 Å². The molecule has 0 spiro atoms.